The van der Waals surface area contributed by atoms with Crippen LogP contribution in [0.3, 0.4) is 0 Å². The number of nitrogens with two attached hydrogens (primary N) is 1. The van der Waals surface area contributed by atoms with Crippen molar-refractivity contribution >= 4 is 23.4 Å². The Kier molecular flexibility index (Phi) is 8.33. The maximum absolute atomic E-state index is 14.6. The third kappa shape index (κ3) is 6.21. The molecule has 3 aromatic rings. The number of benzene rings is 2. The number of nitrogens with zero attached hydrogens (tertiary/aromatic N) is 1. The zero-order chi connectivity index (χ0) is 32.7. The van der Waals surface area contributed by atoms with E-state index in [1.54, 1.807) is 0 Å². The van der Waals surface area contributed by atoms with Crippen molar-refractivity contribution in [1.82, 2.24) is 10.3 Å². The summed E-state index contributed by atoms with van der Waals surface area (Å²) in [7, 11) is 1.35. The summed E-state index contributed by atoms with van der Waals surface area (Å²) in [5.74, 6) is 3.09. The van der Waals surface area contributed by atoms with Crippen LogP contribution in [-0.2, 0) is 15.8 Å². The minimum absolute atomic E-state index is 0.0325. The molecule has 2 aromatic carbocycles. The number of fused-ring (bicyclic) bond motifs is 1. The van der Waals surface area contributed by atoms with Gasteiger partial charge in [0.2, 0.25) is 11.5 Å². The number of nitrogens with one attached hydrogen (secondary N) is 1. The van der Waals surface area contributed by atoms with E-state index in [0.29, 0.717) is 5.75 Å². The van der Waals surface area contributed by atoms with E-state index in [0.717, 1.165) is 25.0 Å². The summed E-state index contributed by atoms with van der Waals surface area (Å²) in [5, 5.41) is 13.0. The van der Waals surface area contributed by atoms with Crippen molar-refractivity contribution in [3.05, 3.63) is 81.4 Å². The first-order valence-electron chi connectivity index (χ1n) is 13.5. The van der Waals surface area contributed by atoms with Crippen molar-refractivity contribution in [3.63, 3.8) is 0 Å². The minimum Gasteiger partial charge on any atom is -0.493 e. The van der Waals surface area contributed by atoms with Crippen molar-refractivity contribution < 1.29 is 46.5 Å². The molecule has 0 saturated heterocycles. The van der Waals surface area contributed by atoms with Gasteiger partial charge in [0.15, 0.2) is 22.9 Å². The molecular formula is C31H26ClF4N3O6. The van der Waals surface area contributed by atoms with Crippen molar-refractivity contribution in [2.75, 3.05) is 20.3 Å². The monoisotopic (exact) mass is 647 g/mol. The third-order valence-corrected chi connectivity index (χ3v) is 7.79. The van der Waals surface area contributed by atoms with E-state index in [1.165, 1.54) is 44.4 Å². The van der Waals surface area contributed by atoms with Crippen LogP contribution in [0.1, 0.15) is 52.6 Å². The molecule has 2 atom stereocenters. The first-order chi connectivity index (χ1) is 21.2. The summed E-state index contributed by atoms with van der Waals surface area (Å²) in [5.41, 5.74) is -1.06. The van der Waals surface area contributed by atoms with Crippen molar-refractivity contribution in [2.24, 2.45) is 5.73 Å². The van der Waals surface area contributed by atoms with Crippen LogP contribution in [0.15, 0.2) is 42.5 Å². The molecule has 9 nitrogen and oxygen atoms in total. The van der Waals surface area contributed by atoms with E-state index < -0.39 is 47.1 Å². The minimum atomic E-state index is -5.38. The maximum Gasteiger partial charge on any atom is 0.424 e. The van der Waals surface area contributed by atoms with Gasteiger partial charge in [0.25, 0.3) is 5.91 Å². The zero-order valence-corrected chi connectivity index (χ0v) is 24.6. The number of hydrogen-bond donors (Lipinski definition) is 3. The number of pyridine rings is 1. The highest BCUT2D eigenvalue weighted by Gasteiger charge is 2.57. The number of aromatic nitrogens is 1. The summed E-state index contributed by atoms with van der Waals surface area (Å²) in [6, 6.07) is 8.51. The van der Waals surface area contributed by atoms with Crippen molar-refractivity contribution in [2.45, 2.75) is 43.1 Å². The van der Waals surface area contributed by atoms with Crippen LogP contribution in [0.25, 0.3) is 0 Å². The van der Waals surface area contributed by atoms with Crippen LogP contribution in [-0.4, -0.2) is 54.4 Å². The third-order valence-electron chi connectivity index (χ3n) is 7.50. The molecule has 1 aliphatic heterocycles. The molecule has 1 aliphatic carbocycles. The molecule has 0 radical (unpaired) electrons. The molecule has 45 heavy (non-hydrogen) atoms. The normalized spacial score (nSPS) is 18.5. The van der Waals surface area contributed by atoms with Crippen LogP contribution in [0, 0.1) is 17.7 Å². The number of primary amides is 1. The lowest BCUT2D eigenvalue weighted by Crippen LogP contribution is -2.52. The van der Waals surface area contributed by atoms with Gasteiger partial charge in [-0.1, -0.05) is 17.5 Å². The number of methoxy groups -OCH3 is 1. The smallest absolute Gasteiger partial charge is 0.424 e. The first kappa shape index (κ1) is 31.9. The number of halogens is 5. The van der Waals surface area contributed by atoms with E-state index in [-0.39, 0.29) is 51.6 Å². The number of rotatable bonds is 8. The lowest BCUT2D eigenvalue weighted by atomic mass is 9.82. The fourth-order valence-electron chi connectivity index (χ4n) is 4.51. The molecule has 5 rings (SSSR count). The summed E-state index contributed by atoms with van der Waals surface area (Å²) in [4.78, 5) is 29.3. The molecular weight excluding hydrogens is 622 g/mol. The van der Waals surface area contributed by atoms with Gasteiger partial charge in [-0.25, -0.2) is 9.37 Å². The predicted octanol–water partition coefficient (Wildman–Crippen LogP) is 4.14. The highest BCUT2D eigenvalue weighted by Crippen LogP contribution is 2.45. The average molecular weight is 648 g/mol. The largest absolute Gasteiger partial charge is 0.493 e. The maximum atomic E-state index is 14.6. The molecule has 1 aromatic heterocycles. The summed E-state index contributed by atoms with van der Waals surface area (Å²) in [6.45, 7) is -0.331. The van der Waals surface area contributed by atoms with Gasteiger partial charge in [0, 0.05) is 16.7 Å². The van der Waals surface area contributed by atoms with E-state index >= 15 is 0 Å². The summed E-state index contributed by atoms with van der Waals surface area (Å²) >= 11 is 5.81. The molecule has 4 N–H and O–H groups in total. The van der Waals surface area contributed by atoms with Crippen LogP contribution < -0.4 is 25.3 Å². The summed E-state index contributed by atoms with van der Waals surface area (Å²) < 4.78 is 74.0. The van der Waals surface area contributed by atoms with Gasteiger partial charge in [-0.15, -0.1) is 0 Å². The molecule has 2 amide bonds. The molecule has 1 unspecified atom stereocenters. The van der Waals surface area contributed by atoms with E-state index in [1.807, 2.05) is 0 Å². The van der Waals surface area contributed by atoms with Crippen LogP contribution >= 0.6 is 11.6 Å². The van der Waals surface area contributed by atoms with Gasteiger partial charge in [0.05, 0.1) is 30.5 Å². The van der Waals surface area contributed by atoms with Crippen LogP contribution in [0.4, 0.5) is 17.6 Å². The van der Waals surface area contributed by atoms with Crippen LogP contribution in [0.5, 0.6) is 17.2 Å². The Bertz CT molecular complexity index is 1750. The molecule has 2 aliphatic rings. The number of aliphatic hydroxyl groups is 1. The Balaban J connectivity index is 1.52. The molecule has 0 spiro atoms. The van der Waals surface area contributed by atoms with Crippen molar-refractivity contribution in [3.8, 4) is 29.1 Å². The predicted molar refractivity (Wildman–Crippen MR) is 153 cm³/mol. The van der Waals surface area contributed by atoms with Gasteiger partial charge in [-0.2, -0.15) is 13.2 Å². The Morgan fingerprint density at radius 2 is 1.91 bits per heavy atom. The number of amides is 2. The summed E-state index contributed by atoms with van der Waals surface area (Å²) in [6.07, 6.45) is -3.60. The van der Waals surface area contributed by atoms with E-state index in [2.05, 4.69) is 22.1 Å². The highest BCUT2D eigenvalue weighted by molar-refractivity contribution is 6.30. The van der Waals surface area contributed by atoms with E-state index in [9.17, 15) is 32.3 Å². The second-order valence-electron chi connectivity index (χ2n) is 10.8. The van der Waals surface area contributed by atoms with Gasteiger partial charge >= 0.3 is 6.18 Å². The lowest BCUT2D eigenvalue weighted by molar-refractivity contribution is -0.265. The molecule has 14 heteroatoms. The zero-order valence-electron chi connectivity index (χ0n) is 23.9. The van der Waals surface area contributed by atoms with Crippen molar-refractivity contribution in [1.29, 1.82) is 0 Å². The number of alkyl halides is 3. The second-order valence-corrected chi connectivity index (χ2v) is 11.2. The molecule has 0 bridgehead atoms. The fraction of sp³-hybridized carbons (Fsp3) is 0.323. The second kappa shape index (κ2) is 11.8. The quantitative estimate of drug-likeness (QED) is 0.247. The van der Waals surface area contributed by atoms with Crippen LogP contribution in [0.2, 0.25) is 5.02 Å². The molecule has 1 saturated carbocycles. The highest BCUT2D eigenvalue weighted by atomic mass is 35.5. The Morgan fingerprint density at radius 1 is 1.18 bits per heavy atom. The average Bonchev–Trinajstić information content (AvgIpc) is 3.75. The standard InChI is InChI=1S/C31H26ClF4N3O6/c1-29(28(37)41)15-44-26-19(29)13-25(39-22(26)9-4-16-3-8-21(33)20(32)11-16)30(42,31(34,35)36)14-38-27(40)17-5-10-23(24(12-17)43-2)45-18-6-7-18/h3,5,8,10-13,18,42H,6-7,14-15H2,1-2H3,(H2,37,41)(H,38,40)/t29-,30?/m0/s1. The number of carbonyl (C=O) groups is 2. The van der Waals surface area contributed by atoms with Gasteiger partial charge in [-0.05, 0) is 68.2 Å². The number of ether oxygens (including phenoxy) is 3. The van der Waals surface area contributed by atoms with Gasteiger partial charge in [-0.3, -0.25) is 9.59 Å². The van der Waals surface area contributed by atoms with Gasteiger partial charge in [0.1, 0.15) is 17.8 Å². The van der Waals surface area contributed by atoms with Gasteiger partial charge < -0.3 is 30.4 Å². The Labute approximate surface area is 259 Å². The molecule has 1 fully saturated rings. The Morgan fingerprint density at radius 3 is 2.53 bits per heavy atom. The number of carbonyl (C=O) groups excluding carboxylic acids is 2. The fourth-order valence-corrected chi connectivity index (χ4v) is 4.69. The molecule has 236 valence electrons. The molecule has 2 heterocycles. The number of hydrogen-bond acceptors (Lipinski definition) is 7. The lowest BCUT2D eigenvalue weighted by Gasteiger charge is -2.31. The SMILES string of the molecule is COc1cc(C(=O)NCC(O)(c2cc3c(c(C#Cc4ccc(F)c(Cl)c4)n2)OC[C@]3(C)C(N)=O)C(F)(F)F)ccc1OC1CC1. The Hall–Kier alpha value is -4.54. The van der Waals surface area contributed by atoms with E-state index in [4.69, 9.17) is 31.5 Å². The topological polar surface area (TPSA) is 133 Å². The first-order valence-corrected chi connectivity index (χ1v) is 13.9.